The minimum absolute atomic E-state index is 0.0765. The first kappa shape index (κ1) is 12.1. The first-order chi connectivity index (χ1) is 8.65. The summed E-state index contributed by atoms with van der Waals surface area (Å²) in [6.45, 7) is -0.407. The van der Waals surface area contributed by atoms with Crippen LogP contribution in [-0.4, -0.2) is 28.0 Å². The summed E-state index contributed by atoms with van der Waals surface area (Å²) in [5.74, 6) is 0.275. The lowest BCUT2D eigenvalue weighted by molar-refractivity contribution is 0.103. The third-order valence-corrected chi connectivity index (χ3v) is 2.54. The number of H-pyrrole nitrogens is 2. The van der Waals surface area contributed by atoms with E-state index in [1.807, 2.05) is 0 Å². The zero-order chi connectivity index (χ0) is 13.1. The summed E-state index contributed by atoms with van der Waals surface area (Å²) < 4.78 is 4.99. The number of imidazole rings is 1. The summed E-state index contributed by atoms with van der Waals surface area (Å²) in [6.07, 6.45) is 0. The molecule has 6 nitrogen and oxygen atoms in total. The minimum Gasteiger partial charge on any atom is -0.497 e. The monoisotopic (exact) mass is 248 g/mol. The Bertz CT molecular complexity index is 610. The van der Waals surface area contributed by atoms with Crippen molar-refractivity contribution >= 4 is 5.78 Å². The number of rotatable bonds is 4. The third-order valence-electron chi connectivity index (χ3n) is 2.54. The van der Waals surface area contributed by atoms with E-state index in [0.717, 1.165) is 0 Å². The number of aliphatic hydroxyl groups excluding tert-OH is 1. The van der Waals surface area contributed by atoms with Crippen molar-refractivity contribution in [2.24, 2.45) is 0 Å². The molecular weight excluding hydrogens is 236 g/mol. The maximum Gasteiger partial charge on any atom is 0.323 e. The fourth-order valence-electron chi connectivity index (χ4n) is 1.62. The summed E-state index contributed by atoms with van der Waals surface area (Å²) >= 11 is 0. The largest absolute Gasteiger partial charge is 0.497 e. The first-order valence-electron chi connectivity index (χ1n) is 5.26. The number of hydrogen-bond acceptors (Lipinski definition) is 4. The summed E-state index contributed by atoms with van der Waals surface area (Å²) in [7, 11) is 1.53. The number of hydrogen-bond donors (Lipinski definition) is 3. The predicted octanol–water partition coefficient (Wildman–Crippen LogP) is 0.435. The lowest BCUT2D eigenvalue weighted by Crippen LogP contribution is -2.07. The molecule has 0 fully saturated rings. The second-order valence-corrected chi connectivity index (χ2v) is 3.65. The average molecular weight is 248 g/mol. The molecule has 1 heterocycles. The summed E-state index contributed by atoms with van der Waals surface area (Å²) in [5.41, 5.74) is 0.144. The number of ether oxygens (including phenoxy) is 1. The molecule has 1 aromatic heterocycles. The van der Waals surface area contributed by atoms with Gasteiger partial charge in [0.1, 0.15) is 11.4 Å². The van der Waals surface area contributed by atoms with Gasteiger partial charge in [-0.25, -0.2) is 4.79 Å². The molecular formula is C12H12N2O4. The van der Waals surface area contributed by atoms with Crippen molar-refractivity contribution in [1.29, 1.82) is 0 Å². The average Bonchev–Trinajstić information content (AvgIpc) is 2.79. The molecule has 0 aliphatic heterocycles. The van der Waals surface area contributed by atoms with Crippen LogP contribution in [0.5, 0.6) is 5.75 Å². The fourth-order valence-corrected chi connectivity index (χ4v) is 1.62. The highest BCUT2D eigenvalue weighted by molar-refractivity contribution is 6.08. The Hall–Kier alpha value is -2.34. The number of aromatic nitrogens is 2. The van der Waals surface area contributed by atoms with Crippen LogP contribution in [0.4, 0.5) is 0 Å². The Morgan fingerprint density at radius 2 is 1.94 bits per heavy atom. The smallest absolute Gasteiger partial charge is 0.323 e. The molecule has 94 valence electrons. The Morgan fingerprint density at radius 3 is 2.50 bits per heavy atom. The van der Waals surface area contributed by atoms with Gasteiger partial charge in [0.2, 0.25) is 5.78 Å². The van der Waals surface area contributed by atoms with Gasteiger partial charge in [0.05, 0.1) is 19.4 Å². The molecule has 6 heteroatoms. The molecule has 0 bridgehead atoms. The van der Waals surface area contributed by atoms with E-state index in [1.165, 1.54) is 7.11 Å². The van der Waals surface area contributed by atoms with Gasteiger partial charge in [-0.1, -0.05) is 0 Å². The number of aliphatic hydroxyl groups is 1. The summed E-state index contributed by atoms with van der Waals surface area (Å²) in [6, 6.07) is 6.48. The molecule has 0 radical (unpaired) electrons. The van der Waals surface area contributed by atoms with Crippen LogP contribution in [0.15, 0.2) is 29.1 Å². The van der Waals surface area contributed by atoms with Gasteiger partial charge in [-0.3, -0.25) is 4.79 Å². The van der Waals surface area contributed by atoms with Crippen molar-refractivity contribution in [2.75, 3.05) is 7.11 Å². The van der Waals surface area contributed by atoms with Crippen LogP contribution >= 0.6 is 0 Å². The number of nitrogens with one attached hydrogen (secondary N) is 2. The van der Waals surface area contributed by atoms with Gasteiger partial charge in [0, 0.05) is 5.56 Å². The van der Waals surface area contributed by atoms with Crippen LogP contribution in [0.2, 0.25) is 0 Å². The van der Waals surface area contributed by atoms with E-state index in [0.29, 0.717) is 11.3 Å². The highest BCUT2D eigenvalue weighted by Crippen LogP contribution is 2.15. The Balaban J connectivity index is 2.37. The normalized spacial score (nSPS) is 10.3. The molecule has 0 spiro atoms. The Morgan fingerprint density at radius 1 is 1.28 bits per heavy atom. The van der Waals surface area contributed by atoms with Gasteiger partial charge in [-0.15, -0.1) is 0 Å². The van der Waals surface area contributed by atoms with Crippen LogP contribution < -0.4 is 10.4 Å². The molecule has 0 saturated heterocycles. The number of carbonyl (C=O) groups excluding carboxylic acids is 1. The van der Waals surface area contributed by atoms with Crippen molar-refractivity contribution in [2.45, 2.75) is 6.61 Å². The van der Waals surface area contributed by atoms with Crippen LogP contribution in [0, 0.1) is 0 Å². The van der Waals surface area contributed by atoms with Crippen LogP contribution in [0.3, 0.4) is 0 Å². The van der Waals surface area contributed by atoms with E-state index < -0.39 is 12.3 Å². The molecule has 1 aromatic carbocycles. The first-order valence-corrected chi connectivity index (χ1v) is 5.26. The van der Waals surface area contributed by atoms with Crippen LogP contribution in [0.1, 0.15) is 21.7 Å². The van der Waals surface area contributed by atoms with E-state index in [-0.39, 0.29) is 17.2 Å². The van der Waals surface area contributed by atoms with E-state index in [9.17, 15) is 9.59 Å². The van der Waals surface area contributed by atoms with Gasteiger partial charge >= 0.3 is 5.69 Å². The van der Waals surface area contributed by atoms with Crippen molar-refractivity contribution in [3.63, 3.8) is 0 Å². The fraction of sp³-hybridized carbons (Fsp3) is 0.167. The SMILES string of the molecule is COc1ccc(C(=O)c2[nH]c(=O)[nH]c2CO)cc1. The van der Waals surface area contributed by atoms with Crippen LogP contribution in [0.25, 0.3) is 0 Å². The molecule has 0 unspecified atom stereocenters. The van der Waals surface area contributed by atoms with Crippen molar-refractivity contribution < 1.29 is 14.6 Å². The lowest BCUT2D eigenvalue weighted by atomic mass is 10.1. The Labute approximate surface area is 102 Å². The van der Waals surface area contributed by atoms with E-state index >= 15 is 0 Å². The number of ketones is 1. The predicted molar refractivity (Wildman–Crippen MR) is 63.8 cm³/mol. The number of carbonyl (C=O) groups is 1. The van der Waals surface area contributed by atoms with Crippen LogP contribution in [-0.2, 0) is 6.61 Å². The minimum atomic E-state index is -0.518. The third kappa shape index (κ3) is 2.18. The lowest BCUT2D eigenvalue weighted by Gasteiger charge is -2.02. The molecule has 0 aliphatic rings. The Kier molecular flexibility index (Phi) is 3.29. The standard InChI is InChI=1S/C12H12N2O4/c1-18-8-4-2-7(3-5-8)11(16)10-9(6-15)13-12(17)14-10/h2-5,15H,6H2,1H3,(H2,13,14,17). The molecule has 0 saturated carbocycles. The highest BCUT2D eigenvalue weighted by atomic mass is 16.5. The molecule has 0 atom stereocenters. The number of methoxy groups -OCH3 is 1. The molecule has 2 rings (SSSR count). The number of aromatic amines is 2. The van der Waals surface area contributed by atoms with Gasteiger partial charge in [-0.2, -0.15) is 0 Å². The van der Waals surface area contributed by atoms with Gasteiger partial charge < -0.3 is 19.8 Å². The molecule has 2 aromatic rings. The zero-order valence-electron chi connectivity index (χ0n) is 9.69. The highest BCUT2D eigenvalue weighted by Gasteiger charge is 2.16. The second-order valence-electron chi connectivity index (χ2n) is 3.65. The van der Waals surface area contributed by atoms with Crippen molar-refractivity contribution in [3.8, 4) is 5.75 Å². The van der Waals surface area contributed by atoms with Crippen molar-refractivity contribution in [3.05, 3.63) is 51.7 Å². The molecule has 0 aliphatic carbocycles. The van der Waals surface area contributed by atoms with E-state index in [2.05, 4.69) is 9.97 Å². The second kappa shape index (κ2) is 4.89. The molecule has 0 amide bonds. The zero-order valence-corrected chi connectivity index (χ0v) is 9.69. The maximum absolute atomic E-state index is 12.1. The maximum atomic E-state index is 12.1. The molecule has 3 N–H and O–H groups in total. The number of benzene rings is 1. The van der Waals surface area contributed by atoms with Crippen molar-refractivity contribution in [1.82, 2.24) is 9.97 Å². The molecule has 18 heavy (non-hydrogen) atoms. The summed E-state index contributed by atoms with van der Waals surface area (Å²) in [5, 5.41) is 9.05. The van der Waals surface area contributed by atoms with Gasteiger partial charge in [0.25, 0.3) is 0 Å². The van der Waals surface area contributed by atoms with Gasteiger partial charge in [-0.05, 0) is 24.3 Å². The van der Waals surface area contributed by atoms with E-state index in [4.69, 9.17) is 9.84 Å². The summed E-state index contributed by atoms with van der Waals surface area (Å²) in [4.78, 5) is 27.9. The van der Waals surface area contributed by atoms with Gasteiger partial charge in [0.15, 0.2) is 0 Å². The quantitative estimate of drug-likeness (QED) is 0.684. The topological polar surface area (TPSA) is 95.2 Å². The van der Waals surface area contributed by atoms with E-state index in [1.54, 1.807) is 24.3 Å².